The standard InChI is InChI=1S/C10H22O2/c1-9(8-11)6-5-7-10(2,3)12-4/h9,11H,5-8H2,1-4H3. The third-order valence-electron chi connectivity index (χ3n) is 2.34. The summed E-state index contributed by atoms with van der Waals surface area (Å²) in [6, 6.07) is 0. The summed E-state index contributed by atoms with van der Waals surface area (Å²) in [5, 5.41) is 8.79. The van der Waals surface area contributed by atoms with Crippen LogP contribution in [-0.2, 0) is 4.74 Å². The highest BCUT2D eigenvalue weighted by Crippen LogP contribution is 2.18. The first kappa shape index (κ1) is 11.9. The van der Waals surface area contributed by atoms with Gasteiger partial charge in [-0.3, -0.25) is 0 Å². The molecule has 0 heterocycles. The van der Waals surface area contributed by atoms with Gasteiger partial charge in [-0.1, -0.05) is 13.3 Å². The molecule has 0 aromatic rings. The molecule has 0 bridgehead atoms. The SMILES string of the molecule is COC(C)(C)CCCC(C)CO. The Balaban J connectivity index is 3.42. The number of ether oxygens (including phenoxy) is 1. The van der Waals surface area contributed by atoms with Crippen molar-refractivity contribution in [1.29, 1.82) is 0 Å². The minimum atomic E-state index is -0.00479. The Morgan fingerprint density at radius 2 is 2.00 bits per heavy atom. The molecule has 0 spiro atoms. The number of rotatable bonds is 6. The van der Waals surface area contributed by atoms with Crippen molar-refractivity contribution >= 4 is 0 Å². The van der Waals surface area contributed by atoms with Crippen LogP contribution >= 0.6 is 0 Å². The van der Waals surface area contributed by atoms with Crippen LogP contribution in [0.15, 0.2) is 0 Å². The molecular formula is C10H22O2. The Morgan fingerprint density at radius 1 is 1.42 bits per heavy atom. The fraction of sp³-hybridized carbons (Fsp3) is 1.00. The van der Waals surface area contributed by atoms with Gasteiger partial charge in [-0.15, -0.1) is 0 Å². The van der Waals surface area contributed by atoms with Crippen molar-refractivity contribution < 1.29 is 9.84 Å². The molecule has 0 fully saturated rings. The van der Waals surface area contributed by atoms with Gasteiger partial charge in [-0.2, -0.15) is 0 Å². The molecule has 0 aromatic heterocycles. The minimum absolute atomic E-state index is 0.00479. The summed E-state index contributed by atoms with van der Waals surface area (Å²) in [6.07, 6.45) is 3.28. The van der Waals surface area contributed by atoms with E-state index in [0.717, 1.165) is 19.3 Å². The molecule has 2 heteroatoms. The van der Waals surface area contributed by atoms with Gasteiger partial charge in [-0.25, -0.2) is 0 Å². The zero-order chi connectivity index (χ0) is 9.61. The molecule has 2 nitrogen and oxygen atoms in total. The van der Waals surface area contributed by atoms with Crippen LogP contribution in [0.25, 0.3) is 0 Å². The van der Waals surface area contributed by atoms with Crippen molar-refractivity contribution in [1.82, 2.24) is 0 Å². The summed E-state index contributed by atoms with van der Waals surface area (Å²) in [6.45, 7) is 6.56. The predicted octanol–water partition coefficient (Wildman–Crippen LogP) is 2.21. The van der Waals surface area contributed by atoms with Crippen LogP contribution in [0, 0.1) is 5.92 Å². The van der Waals surface area contributed by atoms with Crippen LogP contribution < -0.4 is 0 Å². The third-order valence-corrected chi connectivity index (χ3v) is 2.34. The first-order chi connectivity index (χ1) is 5.52. The van der Waals surface area contributed by atoms with Crippen molar-refractivity contribution in [3.8, 4) is 0 Å². The lowest BCUT2D eigenvalue weighted by Gasteiger charge is -2.23. The lowest BCUT2D eigenvalue weighted by molar-refractivity contribution is 0.0122. The lowest BCUT2D eigenvalue weighted by Crippen LogP contribution is -2.22. The van der Waals surface area contributed by atoms with Crippen LogP contribution in [-0.4, -0.2) is 24.4 Å². The highest BCUT2D eigenvalue weighted by Gasteiger charge is 2.15. The van der Waals surface area contributed by atoms with Crippen LogP contribution in [0.1, 0.15) is 40.0 Å². The predicted molar refractivity (Wildman–Crippen MR) is 51.2 cm³/mol. The first-order valence-corrected chi connectivity index (χ1v) is 4.68. The minimum Gasteiger partial charge on any atom is -0.396 e. The van der Waals surface area contributed by atoms with E-state index in [1.807, 2.05) is 0 Å². The number of hydrogen-bond donors (Lipinski definition) is 1. The molecule has 1 N–H and O–H groups in total. The second kappa shape index (κ2) is 5.55. The van der Waals surface area contributed by atoms with E-state index in [1.165, 1.54) is 0 Å². The van der Waals surface area contributed by atoms with Gasteiger partial charge in [0.05, 0.1) is 5.60 Å². The number of methoxy groups -OCH3 is 1. The van der Waals surface area contributed by atoms with E-state index in [2.05, 4.69) is 20.8 Å². The normalized spacial score (nSPS) is 14.8. The number of aliphatic hydroxyl groups excluding tert-OH is 1. The van der Waals surface area contributed by atoms with Gasteiger partial charge in [0.1, 0.15) is 0 Å². The summed E-state index contributed by atoms with van der Waals surface area (Å²) in [5.41, 5.74) is -0.00479. The highest BCUT2D eigenvalue weighted by molar-refractivity contribution is 4.67. The molecule has 0 aromatic carbocycles. The molecule has 0 amide bonds. The first-order valence-electron chi connectivity index (χ1n) is 4.68. The molecule has 0 aliphatic carbocycles. The zero-order valence-corrected chi connectivity index (χ0v) is 8.76. The quantitative estimate of drug-likeness (QED) is 0.669. The van der Waals surface area contributed by atoms with Crippen molar-refractivity contribution in [2.75, 3.05) is 13.7 Å². The molecule has 0 aliphatic heterocycles. The summed E-state index contributed by atoms with van der Waals surface area (Å²) < 4.78 is 5.29. The van der Waals surface area contributed by atoms with Crippen molar-refractivity contribution in [3.05, 3.63) is 0 Å². The van der Waals surface area contributed by atoms with E-state index in [0.29, 0.717) is 12.5 Å². The fourth-order valence-corrected chi connectivity index (χ4v) is 1.07. The highest BCUT2D eigenvalue weighted by atomic mass is 16.5. The molecule has 1 atom stereocenters. The summed E-state index contributed by atoms with van der Waals surface area (Å²) in [7, 11) is 1.75. The van der Waals surface area contributed by atoms with E-state index in [-0.39, 0.29) is 5.60 Å². The van der Waals surface area contributed by atoms with Crippen LogP contribution in [0.4, 0.5) is 0 Å². The van der Waals surface area contributed by atoms with Crippen LogP contribution in [0.3, 0.4) is 0 Å². The molecule has 0 saturated carbocycles. The van der Waals surface area contributed by atoms with Gasteiger partial charge in [0.25, 0.3) is 0 Å². The van der Waals surface area contributed by atoms with Gasteiger partial charge >= 0.3 is 0 Å². The van der Waals surface area contributed by atoms with E-state index >= 15 is 0 Å². The monoisotopic (exact) mass is 174 g/mol. The van der Waals surface area contributed by atoms with Crippen molar-refractivity contribution in [2.45, 2.75) is 45.6 Å². The van der Waals surface area contributed by atoms with Crippen molar-refractivity contribution in [3.63, 3.8) is 0 Å². The van der Waals surface area contributed by atoms with Gasteiger partial charge in [0.15, 0.2) is 0 Å². The molecule has 0 aliphatic rings. The summed E-state index contributed by atoms with van der Waals surface area (Å²) in [4.78, 5) is 0. The van der Waals surface area contributed by atoms with Gasteiger partial charge in [0, 0.05) is 13.7 Å². The van der Waals surface area contributed by atoms with Crippen LogP contribution in [0.5, 0.6) is 0 Å². The smallest absolute Gasteiger partial charge is 0.0622 e. The Morgan fingerprint density at radius 3 is 2.42 bits per heavy atom. The maximum Gasteiger partial charge on any atom is 0.0622 e. The molecule has 12 heavy (non-hydrogen) atoms. The van der Waals surface area contributed by atoms with Gasteiger partial charge < -0.3 is 9.84 Å². The summed E-state index contributed by atoms with van der Waals surface area (Å²) in [5.74, 6) is 0.428. The molecule has 0 saturated heterocycles. The average molecular weight is 174 g/mol. The maximum atomic E-state index is 8.79. The van der Waals surface area contributed by atoms with Crippen molar-refractivity contribution in [2.24, 2.45) is 5.92 Å². The number of aliphatic hydroxyl groups is 1. The van der Waals surface area contributed by atoms with Gasteiger partial charge in [0.2, 0.25) is 0 Å². The maximum absolute atomic E-state index is 8.79. The van der Waals surface area contributed by atoms with E-state index in [1.54, 1.807) is 7.11 Å². The molecule has 0 radical (unpaired) electrons. The average Bonchev–Trinajstić information content (AvgIpc) is 2.04. The topological polar surface area (TPSA) is 29.5 Å². The van der Waals surface area contributed by atoms with E-state index in [4.69, 9.17) is 9.84 Å². The molecule has 1 unspecified atom stereocenters. The zero-order valence-electron chi connectivity index (χ0n) is 8.76. The number of hydrogen-bond acceptors (Lipinski definition) is 2. The molecular weight excluding hydrogens is 152 g/mol. The Hall–Kier alpha value is -0.0800. The Labute approximate surface area is 75.9 Å². The lowest BCUT2D eigenvalue weighted by atomic mass is 9.97. The Kier molecular flexibility index (Phi) is 5.51. The molecule has 0 rings (SSSR count). The fourth-order valence-electron chi connectivity index (χ4n) is 1.07. The van der Waals surface area contributed by atoms with Crippen LogP contribution in [0.2, 0.25) is 0 Å². The summed E-state index contributed by atoms with van der Waals surface area (Å²) >= 11 is 0. The second-order valence-electron chi connectivity index (χ2n) is 4.14. The third kappa shape index (κ3) is 5.56. The second-order valence-corrected chi connectivity index (χ2v) is 4.14. The Bertz CT molecular complexity index is 110. The van der Waals surface area contributed by atoms with E-state index < -0.39 is 0 Å². The van der Waals surface area contributed by atoms with Gasteiger partial charge in [-0.05, 0) is 32.6 Å². The largest absolute Gasteiger partial charge is 0.396 e. The van der Waals surface area contributed by atoms with E-state index in [9.17, 15) is 0 Å². The molecule has 74 valence electrons.